The Morgan fingerprint density at radius 3 is 2.56 bits per heavy atom. The smallest absolute Gasteiger partial charge is 0.272 e. The van der Waals surface area contributed by atoms with Crippen LogP contribution in [0.1, 0.15) is 26.4 Å². The molecule has 1 fully saturated rings. The van der Waals surface area contributed by atoms with E-state index in [2.05, 4.69) is 10.3 Å². The van der Waals surface area contributed by atoms with Gasteiger partial charge in [0.2, 0.25) is 6.41 Å². The lowest BCUT2D eigenvalue weighted by Crippen LogP contribution is -2.48. The highest BCUT2D eigenvalue weighted by Crippen LogP contribution is 2.20. The van der Waals surface area contributed by atoms with Crippen LogP contribution in [0, 0.1) is 6.92 Å². The van der Waals surface area contributed by atoms with E-state index < -0.39 is 0 Å². The number of carbonyl (C=O) groups excluding carboxylic acids is 3. The molecule has 1 aromatic heterocycles. The average Bonchev–Trinajstić information content (AvgIpc) is 2.69. The predicted octanol–water partition coefficient (Wildman–Crippen LogP) is 2.21. The zero-order valence-corrected chi connectivity index (χ0v) is 15.6. The first-order valence-electron chi connectivity index (χ1n) is 8.50. The van der Waals surface area contributed by atoms with Crippen LogP contribution in [0.15, 0.2) is 36.5 Å². The zero-order chi connectivity index (χ0) is 19.4. The van der Waals surface area contributed by atoms with E-state index in [0.717, 1.165) is 12.0 Å². The van der Waals surface area contributed by atoms with E-state index >= 15 is 0 Å². The van der Waals surface area contributed by atoms with Gasteiger partial charge in [-0.3, -0.25) is 19.4 Å². The Balaban J connectivity index is 1.72. The molecule has 0 bridgehead atoms. The third-order valence-corrected chi connectivity index (χ3v) is 4.66. The number of amides is 3. The average molecular weight is 387 g/mol. The van der Waals surface area contributed by atoms with Gasteiger partial charge in [-0.05, 0) is 42.8 Å². The molecule has 3 amide bonds. The molecule has 1 N–H and O–H groups in total. The number of rotatable bonds is 4. The summed E-state index contributed by atoms with van der Waals surface area (Å²) in [6, 6.07) is 8.23. The van der Waals surface area contributed by atoms with Gasteiger partial charge in [0.1, 0.15) is 5.69 Å². The highest BCUT2D eigenvalue weighted by atomic mass is 35.5. The number of hydrogen-bond donors (Lipinski definition) is 1. The molecule has 0 aliphatic carbocycles. The molecule has 27 heavy (non-hydrogen) atoms. The number of aryl methyl sites for hydroxylation is 1. The van der Waals surface area contributed by atoms with Crippen molar-refractivity contribution in [1.82, 2.24) is 14.8 Å². The predicted molar refractivity (Wildman–Crippen MR) is 102 cm³/mol. The fourth-order valence-corrected chi connectivity index (χ4v) is 3.07. The van der Waals surface area contributed by atoms with Gasteiger partial charge in [-0.2, -0.15) is 0 Å². The number of benzene rings is 1. The van der Waals surface area contributed by atoms with Gasteiger partial charge in [-0.25, -0.2) is 0 Å². The zero-order valence-electron chi connectivity index (χ0n) is 14.8. The molecule has 1 aliphatic rings. The number of pyridine rings is 1. The van der Waals surface area contributed by atoms with Crippen LogP contribution in [-0.4, -0.2) is 59.2 Å². The van der Waals surface area contributed by atoms with E-state index in [1.54, 1.807) is 34.1 Å². The normalized spacial score (nSPS) is 14.0. The van der Waals surface area contributed by atoms with Crippen molar-refractivity contribution >= 4 is 35.5 Å². The van der Waals surface area contributed by atoms with E-state index in [-0.39, 0.29) is 17.5 Å². The number of hydrogen-bond acceptors (Lipinski definition) is 4. The maximum absolute atomic E-state index is 12.6. The molecule has 1 aliphatic heterocycles. The summed E-state index contributed by atoms with van der Waals surface area (Å²) in [7, 11) is 0. The molecule has 0 unspecified atom stereocenters. The third kappa shape index (κ3) is 4.43. The molecule has 140 valence electrons. The van der Waals surface area contributed by atoms with Gasteiger partial charge in [-0.1, -0.05) is 11.6 Å². The summed E-state index contributed by atoms with van der Waals surface area (Å²) in [5.74, 6) is -0.583. The molecule has 0 atom stereocenters. The Hall–Kier alpha value is -2.93. The monoisotopic (exact) mass is 386 g/mol. The quantitative estimate of drug-likeness (QED) is 0.817. The number of halogens is 1. The molecule has 2 heterocycles. The van der Waals surface area contributed by atoms with Crippen LogP contribution in [-0.2, 0) is 4.79 Å². The minimum atomic E-state index is -0.331. The number of piperazine rings is 1. The van der Waals surface area contributed by atoms with E-state index in [1.807, 2.05) is 6.92 Å². The van der Waals surface area contributed by atoms with E-state index in [4.69, 9.17) is 11.6 Å². The van der Waals surface area contributed by atoms with Gasteiger partial charge in [0.05, 0.1) is 0 Å². The van der Waals surface area contributed by atoms with E-state index in [9.17, 15) is 14.4 Å². The van der Waals surface area contributed by atoms with Crippen LogP contribution >= 0.6 is 11.6 Å². The summed E-state index contributed by atoms with van der Waals surface area (Å²) in [5, 5.41) is 3.41. The largest absolute Gasteiger partial charge is 0.342 e. The van der Waals surface area contributed by atoms with Crippen LogP contribution in [0.25, 0.3) is 0 Å². The molecule has 1 saturated heterocycles. The lowest BCUT2D eigenvalue weighted by Gasteiger charge is -2.32. The summed E-state index contributed by atoms with van der Waals surface area (Å²) in [6.07, 6.45) is 2.22. The summed E-state index contributed by atoms with van der Waals surface area (Å²) < 4.78 is 0. The Labute approximate surface area is 161 Å². The Kier molecular flexibility index (Phi) is 5.71. The molecule has 0 radical (unpaired) electrons. The van der Waals surface area contributed by atoms with Crippen LogP contribution < -0.4 is 5.32 Å². The second-order valence-electron chi connectivity index (χ2n) is 6.28. The minimum absolute atomic E-state index is 0.204. The molecule has 2 aromatic rings. The van der Waals surface area contributed by atoms with Crippen molar-refractivity contribution in [2.75, 3.05) is 31.5 Å². The topological polar surface area (TPSA) is 82.6 Å². The van der Waals surface area contributed by atoms with E-state index in [0.29, 0.717) is 42.5 Å². The van der Waals surface area contributed by atoms with Crippen molar-refractivity contribution < 1.29 is 14.4 Å². The molecule has 1 aromatic carbocycles. The summed E-state index contributed by atoms with van der Waals surface area (Å²) >= 11 is 5.93. The maximum atomic E-state index is 12.6. The van der Waals surface area contributed by atoms with Gasteiger partial charge in [0.25, 0.3) is 11.8 Å². The first-order valence-corrected chi connectivity index (χ1v) is 8.88. The maximum Gasteiger partial charge on any atom is 0.272 e. The van der Waals surface area contributed by atoms with Crippen molar-refractivity contribution in [1.29, 1.82) is 0 Å². The van der Waals surface area contributed by atoms with Gasteiger partial charge in [0, 0.05) is 48.6 Å². The first-order chi connectivity index (χ1) is 13.0. The van der Waals surface area contributed by atoms with E-state index in [1.165, 1.54) is 12.3 Å². The Bertz CT molecular complexity index is 879. The van der Waals surface area contributed by atoms with Crippen molar-refractivity contribution in [3.63, 3.8) is 0 Å². The lowest BCUT2D eigenvalue weighted by atomic mass is 10.1. The van der Waals surface area contributed by atoms with Gasteiger partial charge in [0.15, 0.2) is 0 Å². The fourth-order valence-electron chi connectivity index (χ4n) is 2.84. The number of nitrogens with zero attached hydrogens (tertiary/aromatic N) is 3. The second kappa shape index (κ2) is 8.18. The van der Waals surface area contributed by atoms with Crippen molar-refractivity contribution in [2.24, 2.45) is 0 Å². The van der Waals surface area contributed by atoms with Gasteiger partial charge >= 0.3 is 0 Å². The molecule has 7 nitrogen and oxygen atoms in total. The van der Waals surface area contributed by atoms with Gasteiger partial charge in [-0.15, -0.1) is 0 Å². The van der Waals surface area contributed by atoms with Crippen LogP contribution in [0.2, 0.25) is 5.02 Å². The van der Waals surface area contributed by atoms with Crippen molar-refractivity contribution in [3.05, 3.63) is 58.4 Å². The van der Waals surface area contributed by atoms with Crippen LogP contribution in [0.4, 0.5) is 5.69 Å². The fraction of sp³-hybridized carbons (Fsp3) is 0.263. The molecule has 3 rings (SSSR count). The standard InChI is InChI=1S/C19H19ClN4O3/c1-13-10-15(20)2-3-16(13)22-18(26)14-4-5-21-17(11-14)19(27)24-8-6-23(12-25)7-9-24/h2-5,10-12H,6-9H2,1H3,(H,22,26). The highest BCUT2D eigenvalue weighted by molar-refractivity contribution is 6.30. The van der Waals surface area contributed by atoms with Crippen molar-refractivity contribution in [2.45, 2.75) is 6.92 Å². The van der Waals surface area contributed by atoms with Crippen LogP contribution in [0.3, 0.4) is 0 Å². The summed E-state index contributed by atoms with van der Waals surface area (Å²) in [4.78, 5) is 43.3. The Morgan fingerprint density at radius 1 is 1.15 bits per heavy atom. The first kappa shape index (κ1) is 18.8. The second-order valence-corrected chi connectivity index (χ2v) is 6.71. The summed E-state index contributed by atoms with van der Waals surface area (Å²) in [6.45, 7) is 3.72. The van der Waals surface area contributed by atoms with Crippen molar-refractivity contribution in [3.8, 4) is 0 Å². The third-order valence-electron chi connectivity index (χ3n) is 4.43. The number of anilines is 1. The Morgan fingerprint density at radius 2 is 1.89 bits per heavy atom. The summed E-state index contributed by atoms with van der Waals surface area (Å²) in [5.41, 5.74) is 2.04. The minimum Gasteiger partial charge on any atom is -0.342 e. The number of aromatic nitrogens is 1. The van der Waals surface area contributed by atoms with Crippen LogP contribution in [0.5, 0.6) is 0 Å². The molecular formula is C19H19ClN4O3. The molecule has 8 heteroatoms. The SMILES string of the molecule is Cc1cc(Cl)ccc1NC(=O)c1ccnc(C(=O)N2CCN(C=O)CC2)c1. The molecule has 0 saturated carbocycles. The number of nitrogens with one attached hydrogen (secondary N) is 1. The highest BCUT2D eigenvalue weighted by Gasteiger charge is 2.23. The lowest BCUT2D eigenvalue weighted by molar-refractivity contribution is -0.119. The van der Waals surface area contributed by atoms with Gasteiger partial charge < -0.3 is 15.1 Å². The molecular weight excluding hydrogens is 368 g/mol. The number of carbonyl (C=O) groups is 3. The molecule has 0 spiro atoms.